The topological polar surface area (TPSA) is 76.5 Å². The number of ether oxygens (including phenoxy) is 2. The maximum absolute atomic E-state index is 12.5. The van der Waals surface area contributed by atoms with Crippen LogP contribution in [-0.2, 0) is 19.1 Å². The summed E-state index contributed by atoms with van der Waals surface area (Å²) in [7, 11) is 1.26. The van der Waals surface area contributed by atoms with E-state index in [1.54, 1.807) is 24.3 Å². The minimum Gasteiger partial charge on any atom is -0.468 e. The summed E-state index contributed by atoms with van der Waals surface area (Å²) in [4.78, 5) is 24.7. The summed E-state index contributed by atoms with van der Waals surface area (Å²) in [6.45, 7) is 0. The average molecular weight is 334 g/mol. The normalized spacial score (nSPS) is 24.1. The molecule has 0 saturated carbocycles. The number of rotatable bonds is 2. The Morgan fingerprint density at radius 3 is 2.78 bits per heavy atom. The molecule has 2 atom stereocenters. The molecule has 6 heteroatoms. The number of allylic oxidation sites excluding steroid dienone is 2. The van der Waals surface area contributed by atoms with Gasteiger partial charge in [0.1, 0.15) is 11.7 Å². The third kappa shape index (κ3) is 2.65. The Hall–Kier alpha value is -2.14. The van der Waals surface area contributed by atoms with Crippen molar-refractivity contribution in [1.29, 1.82) is 5.41 Å². The van der Waals surface area contributed by atoms with Crippen LogP contribution in [0.3, 0.4) is 0 Å². The second-order valence-corrected chi connectivity index (χ2v) is 5.99. The highest BCUT2D eigenvalue weighted by atomic mass is 35.5. The van der Waals surface area contributed by atoms with Gasteiger partial charge in [0.15, 0.2) is 5.78 Å². The van der Waals surface area contributed by atoms with Crippen molar-refractivity contribution in [2.45, 2.75) is 25.2 Å². The van der Waals surface area contributed by atoms with Gasteiger partial charge in [-0.15, -0.1) is 0 Å². The van der Waals surface area contributed by atoms with E-state index >= 15 is 0 Å². The van der Waals surface area contributed by atoms with Crippen molar-refractivity contribution in [2.24, 2.45) is 5.92 Å². The van der Waals surface area contributed by atoms with Crippen molar-refractivity contribution < 1.29 is 19.1 Å². The molecule has 5 nitrogen and oxygen atoms in total. The van der Waals surface area contributed by atoms with Crippen LogP contribution in [0, 0.1) is 11.3 Å². The Morgan fingerprint density at radius 1 is 1.35 bits per heavy atom. The Balaban J connectivity index is 2.21. The largest absolute Gasteiger partial charge is 0.468 e. The first-order chi connectivity index (χ1) is 11.0. The second kappa shape index (κ2) is 6.16. The minimum absolute atomic E-state index is 0.0578. The molecule has 120 valence electrons. The molecule has 0 bridgehead atoms. The first-order valence-electron chi connectivity index (χ1n) is 7.39. The predicted molar refractivity (Wildman–Crippen MR) is 84.4 cm³/mol. The molecule has 1 aromatic carbocycles. The molecule has 1 N–H and O–H groups in total. The molecule has 1 heterocycles. The van der Waals surface area contributed by atoms with Gasteiger partial charge in [0.05, 0.1) is 7.11 Å². The van der Waals surface area contributed by atoms with Gasteiger partial charge < -0.3 is 9.47 Å². The number of methoxy groups -OCH3 is 1. The van der Waals surface area contributed by atoms with E-state index in [9.17, 15) is 9.59 Å². The molecule has 0 amide bonds. The van der Waals surface area contributed by atoms with Crippen LogP contribution in [-0.4, -0.2) is 24.8 Å². The molecule has 1 aliphatic heterocycles. The molecule has 2 aliphatic rings. The van der Waals surface area contributed by atoms with Gasteiger partial charge in [0, 0.05) is 29.4 Å². The van der Waals surface area contributed by atoms with Crippen LogP contribution in [0.15, 0.2) is 35.6 Å². The molecule has 2 unspecified atom stereocenters. The van der Waals surface area contributed by atoms with Gasteiger partial charge in [-0.3, -0.25) is 15.0 Å². The molecular weight excluding hydrogens is 318 g/mol. The van der Waals surface area contributed by atoms with E-state index in [4.69, 9.17) is 26.5 Å². The lowest BCUT2D eigenvalue weighted by molar-refractivity contribution is -0.144. The van der Waals surface area contributed by atoms with Crippen LogP contribution in [0.25, 0.3) is 0 Å². The van der Waals surface area contributed by atoms with Crippen molar-refractivity contribution in [3.8, 4) is 0 Å². The van der Waals surface area contributed by atoms with Crippen molar-refractivity contribution in [3.05, 3.63) is 46.2 Å². The van der Waals surface area contributed by atoms with Crippen LogP contribution < -0.4 is 0 Å². The summed E-state index contributed by atoms with van der Waals surface area (Å²) in [6.07, 6.45) is 1.67. The summed E-state index contributed by atoms with van der Waals surface area (Å²) in [5, 5.41) is 8.56. The summed E-state index contributed by atoms with van der Waals surface area (Å²) >= 11 is 6.30. The number of carbonyl (C=O) groups excluding carboxylic acids is 2. The van der Waals surface area contributed by atoms with Gasteiger partial charge in [-0.2, -0.15) is 0 Å². The second-order valence-electron chi connectivity index (χ2n) is 5.58. The van der Waals surface area contributed by atoms with E-state index in [1.165, 1.54) is 7.11 Å². The molecule has 0 aromatic heterocycles. The maximum Gasteiger partial charge on any atom is 0.319 e. The minimum atomic E-state index is -0.999. The summed E-state index contributed by atoms with van der Waals surface area (Å²) < 4.78 is 10.3. The number of Topliss-reactive ketones (excluding diaryl/α,β-unsaturated/α-hetero) is 1. The zero-order valence-corrected chi connectivity index (χ0v) is 13.4. The monoisotopic (exact) mass is 333 g/mol. The quantitative estimate of drug-likeness (QED) is 0.843. The highest BCUT2D eigenvalue weighted by Gasteiger charge is 2.46. The van der Waals surface area contributed by atoms with Crippen molar-refractivity contribution in [3.63, 3.8) is 0 Å². The smallest absolute Gasteiger partial charge is 0.319 e. The van der Waals surface area contributed by atoms with E-state index in [1.807, 2.05) is 0 Å². The molecular formula is C17H16ClNO4. The standard InChI is InChI=1S/C17H16ClNO4/c1-22-17(21)15-13(9-5-2-3-6-10(9)18)14-11(20)7-4-8-12(14)23-16(15)19/h2-3,5-6,13,15,19H,4,7-8H2,1H3. The number of halogens is 1. The van der Waals surface area contributed by atoms with Crippen LogP contribution >= 0.6 is 11.6 Å². The van der Waals surface area contributed by atoms with Crippen molar-refractivity contribution in [1.82, 2.24) is 0 Å². The van der Waals surface area contributed by atoms with E-state index in [-0.39, 0.29) is 11.7 Å². The zero-order valence-electron chi connectivity index (χ0n) is 12.6. The fraction of sp³-hybridized carbons (Fsp3) is 0.353. The first-order valence-corrected chi connectivity index (χ1v) is 7.77. The van der Waals surface area contributed by atoms with Crippen LogP contribution in [0.4, 0.5) is 0 Å². The van der Waals surface area contributed by atoms with Gasteiger partial charge in [-0.1, -0.05) is 29.8 Å². The molecule has 1 aromatic rings. The maximum atomic E-state index is 12.5. The van der Waals surface area contributed by atoms with E-state index < -0.39 is 17.8 Å². The Labute approximate surface area is 138 Å². The van der Waals surface area contributed by atoms with Gasteiger partial charge in [-0.05, 0) is 18.1 Å². The van der Waals surface area contributed by atoms with Gasteiger partial charge >= 0.3 is 5.97 Å². The third-order valence-corrected chi connectivity index (χ3v) is 4.61. The number of carbonyl (C=O) groups is 2. The van der Waals surface area contributed by atoms with Crippen molar-refractivity contribution >= 4 is 29.3 Å². The molecule has 0 fully saturated rings. The highest BCUT2D eigenvalue weighted by Crippen LogP contribution is 2.45. The molecule has 3 rings (SSSR count). The van der Waals surface area contributed by atoms with Crippen LogP contribution in [0.1, 0.15) is 30.7 Å². The number of hydrogen-bond acceptors (Lipinski definition) is 5. The Morgan fingerprint density at radius 2 is 2.09 bits per heavy atom. The lowest BCUT2D eigenvalue weighted by Crippen LogP contribution is -2.40. The van der Waals surface area contributed by atoms with Crippen LogP contribution in [0.5, 0.6) is 0 Å². The number of hydrogen-bond donors (Lipinski definition) is 1. The fourth-order valence-electron chi connectivity index (χ4n) is 3.23. The molecule has 0 saturated heterocycles. The number of benzene rings is 1. The summed E-state index contributed by atoms with van der Waals surface area (Å²) in [5.74, 6) is -2.02. The van der Waals surface area contributed by atoms with E-state index in [2.05, 4.69) is 0 Å². The van der Waals surface area contributed by atoms with Crippen LogP contribution in [0.2, 0.25) is 5.02 Å². The Kier molecular flexibility index (Phi) is 4.22. The lowest BCUT2D eigenvalue weighted by atomic mass is 9.73. The molecule has 0 spiro atoms. The molecule has 23 heavy (non-hydrogen) atoms. The zero-order chi connectivity index (χ0) is 16.6. The molecule has 1 aliphatic carbocycles. The summed E-state index contributed by atoms with van der Waals surface area (Å²) in [6, 6.07) is 7.05. The van der Waals surface area contributed by atoms with Gasteiger partial charge in [0.25, 0.3) is 0 Å². The average Bonchev–Trinajstić information content (AvgIpc) is 2.54. The Bertz CT molecular complexity index is 725. The van der Waals surface area contributed by atoms with Crippen molar-refractivity contribution in [2.75, 3.05) is 7.11 Å². The predicted octanol–water partition coefficient (Wildman–Crippen LogP) is 3.23. The van der Waals surface area contributed by atoms with Gasteiger partial charge in [-0.25, -0.2) is 0 Å². The highest BCUT2D eigenvalue weighted by molar-refractivity contribution is 6.31. The number of esters is 1. The third-order valence-electron chi connectivity index (χ3n) is 4.26. The fourth-order valence-corrected chi connectivity index (χ4v) is 3.49. The SMILES string of the molecule is COC(=O)C1C(=N)OC2=C(C(=O)CCC2)C1c1ccccc1Cl. The first kappa shape index (κ1) is 15.7. The molecule has 0 radical (unpaired) electrons. The summed E-state index contributed by atoms with van der Waals surface area (Å²) in [5.41, 5.74) is 1.09. The van der Waals surface area contributed by atoms with E-state index in [0.717, 1.165) is 0 Å². The van der Waals surface area contributed by atoms with Gasteiger partial charge in [0.2, 0.25) is 5.90 Å². The van der Waals surface area contributed by atoms with E-state index in [0.29, 0.717) is 41.2 Å². The lowest BCUT2D eigenvalue weighted by Gasteiger charge is -2.36. The number of nitrogens with one attached hydrogen (secondary N) is 1. The number of ketones is 1.